The first-order valence-corrected chi connectivity index (χ1v) is 12.6. The van der Waals surface area contributed by atoms with Crippen LogP contribution in [0.5, 0.6) is 0 Å². The first-order valence-electron chi connectivity index (χ1n) is 12.6. The zero-order valence-electron chi connectivity index (χ0n) is 23.9. The highest BCUT2D eigenvalue weighted by atomic mass is 15.2. The monoisotopic (exact) mass is 455 g/mol. The average Bonchev–Trinajstić information content (AvgIpc) is 2.67. The summed E-state index contributed by atoms with van der Waals surface area (Å²) in [5.74, 6) is 0. The smallest absolute Gasteiger partial charge is 0.0544 e. The van der Waals surface area contributed by atoms with Crippen molar-refractivity contribution in [2.75, 3.05) is 6.54 Å². The molecule has 0 saturated carbocycles. The zero-order valence-corrected chi connectivity index (χ0v) is 23.9. The first-order chi connectivity index (χ1) is 15.1. The van der Waals surface area contributed by atoms with Crippen molar-refractivity contribution < 1.29 is 0 Å². The van der Waals surface area contributed by atoms with Crippen molar-refractivity contribution in [3.8, 4) is 0 Å². The minimum absolute atomic E-state index is 0.0420. The van der Waals surface area contributed by atoms with Crippen molar-refractivity contribution in [1.29, 1.82) is 0 Å². The second kappa shape index (κ2) is 13.2. The Morgan fingerprint density at radius 1 is 1.00 bits per heavy atom. The van der Waals surface area contributed by atoms with Crippen LogP contribution in [-0.4, -0.2) is 27.7 Å². The van der Waals surface area contributed by atoms with Gasteiger partial charge in [0.2, 0.25) is 0 Å². The lowest BCUT2D eigenvalue weighted by Gasteiger charge is -2.47. The second-order valence-corrected chi connectivity index (χ2v) is 12.1. The third-order valence-electron chi connectivity index (χ3n) is 5.69. The highest BCUT2D eigenvalue weighted by Crippen LogP contribution is 2.39. The Balaban J connectivity index is 0.00000497. The van der Waals surface area contributed by atoms with E-state index in [0.29, 0.717) is 5.41 Å². The molecule has 0 fully saturated rings. The van der Waals surface area contributed by atoms with Gasteiger partial charge in [0.15, 0.2) is 0 Å². The molecule has 0 bridgehead atoms. The van der Waals surface area contributed by atoms with Gasteiger partial charge in [-0.25, -0.2) is 0 Å². The molecule has 0 spiro atoms. The van der Waals surface area contributed by atoms with Crippen LogP contribution in [0.25, 0.3) is 0 Å². The Hall–Kier alpha value is -1.74. The molecule has 1 aromatic heterocycles. The topological polar surface area (TPSA) is 28.5 Å². The van der Waals surface area contributed by atoms with Gasteiger partial charge in [0.1, 0.15) is 0 Å². The molecule has 0 unspecified atom stereocenters. The molecule has 0 amide bonds. The fourth-order valence-electron chi connectivity index (χ4n) is 5.16. The summed E-state index contributed by atoms with van der Waals surface area (Å²) in [7, 11) is 0. The summed E-state index contributed by atoms with van der Waals surface area (Å²) in [4.78, 5) is 11.9. The lowest BCUT2D eigenvalue weighted by atomic mass is 9.73. The van der Waals surface area contributed by atoms with Gasteiger partial charge in [-0.05, 0) is 62.7 Å². The quantitative estimate of drug-likeness (QED) is 0.312. The number of pyridine rings is 1. The van der Waals surface area contributed by atoms with Crippen LogP contribution in [-0.2, 0) is 6.54 Å². The molecule has 3 heteroatoms. The van der Waals surface area contributed by atoms with E-state index in [9.17, 15) is 0 Å². The summed E-state index contributed by atoms with van der Waals surface area (Å²) >= 11 is 0. The minimum atomic E-state index is -0.0826. The van der Waals surface area contributed by atoms with E-state index in [0.717, 1.165) is 30.9 Å². The molecule has 1 aromatic rings. The summed E-state index contributed by atoms with van der Waals surface area (Å²) in [5, 5.41) is 0. The van der Waals surface area contributed by atoms with Gasteiger partial charge in [-0.15, -0.1) is 0 Å². The summed E-state index contributed by atoms with van der Waals surface area (Å²) < 4.78 is 0. The maximum absolute atomic E-state index is 4.64. The van der Waals surface area contributed by atoms with Gasteiger partial charge in [-0.1, -0.05) is 81.0 Å². The Morgan fingerprint density at radius 2 is 1.61 bits per heavy atom. The van der Waals surface area contributed by atoms with E-state index in [1.165, 1.54) is 6.42 Å². The molecule has 0 N–H and O–H groups in total. The van der Waals surface area contributed by atoms with Crippen LogP contribution in [0.2, 0.25) is 0 Å². The number of allylic oxidation sites excluding steroid dienone is 2. The SMILES string of the molecule is C=CN=C(/C=C\C)C(C)(C)CC(C)(C)N(Cc1ccccn1)CC(C)(C)CC(C)(C)C.CC. The van der Waals surface area contributed by atoms with Crippen LogP contribution >= 0.6 is 0 Å². The largest absolute Gasteiger partial charge is 0.292 e. The van der Waals surface area contributed by atoms with E-state index in [2.05, 4.69) is 108 Å². The van der Waals surface area contributed by atoms with Crippen molar-refractivity contribution in [3.63, 3.8) is 0 Å². The molecule has 33 heavy (non-hydrogen) atoms. The normalized spacial score (nSPS) is 13.8. The number of aromatic nitrogens is 1. The molecular formula is C30H53N3. The van der Waals surface area contributed by atoms with Gasteiger partial charge in [0, 0.05) is 42.2 Å². The van der Waals surface area contributed by atoms with E-state index in [1.807, 2.05) is 33.0 Å². The van der Waals surface area contributed by atoms with Crippen molar-refractivity contribution in [1.82, 2.24) is 9.88 Å². The summed E-state index contributed by atoms with van der Waals surface area (Å²) in [5.41, 5.74) is 2.55. The predicted octanol–water partition coefficient (Wildman–Crippen LogP) is 8.73. The Bertz CT molecular complexity index is 746. The van der Waals surface area contributed by atoms with Gasteiger partial charge in [0.05, 0.1) is 5.69 Å². The molecule has 0 aromatic carbocycles. The third-order valence-corrected chi connectivity index (χ3v) is 5.69. The van der Waals surface area contributed by atoms with E-state index in [-0.39, 0.29) is 16.4 Å². The van der Waals surface area contributed by atoms with Crippen molar-refractivity contribution in [3.05, 3.63) is 55.0 Å². The standard InChI is InChI=1S/C28H47N3.C2H6/c1-12-16-24(29-13-2)27(8,9)21-28(10,11)31(19-23-17-14-15-18-30-23)22-26(6,7)20-25(3,4)5;1-2/h12-18H,2,19-22H2,1,3-11H3;1-2H3/b16-12-,29-24?;. The number of nitrogens with zero attached hydrogens (tertiary/aromatic N) is 3. The van der Waals surface area contributed by atoms with Crippen molar-refractivity contribution >= 4 is 5.71 Å². The Kier molecular flexibility index (Phi) is 12.5. The molecule has 1 rings (SSSR count). The van der Waals surface area contributed by atoms with Crippen LogP contribution < -0.4 is 0 Å². The molecule has 3 nitrogen and oxygen atoms in total. The molecule has 0 aliphatic heterocycles. The summed E-state index contributed by atoms with van der Waals surface area (Å²) in [6.45, 7) is 32.8. The fourth-order valence-corrected chi connectivity index (χ4v) is 5.16. The molecular weight excluding hydrogens is 402 g/mol. The zero-order chi connectivity index (χ0) is 25.9. The molecule has 0 atom stereocenters. The maximum Gasteiger partial charge on any atom is 0.0544 e. The Labute approximate surface area is 206 Å². The van der Waals surface area contributed by atoms with Gasteiger partial charge in [-0.3, -0.25) is 14.9 Å². The van der Waals surface area contributed by atoms with E-state index in [4.69, 9.17) is 0 Å². The molecule has 1 heterocycles. The average molecular weight is 456 g/mol. The summed E-state index contributed by atoms with van der Waals surface area (Å²) in [6.07, 6.45) is 9.88. The van der Waals surface area contributed by atoms with Crippen LogP contribution in [0.1, 0.15) is 102 Å². The van der Waals surface area contributed by atoms with Crippen LogP contribution in [0.4, 0.5) is 0 Å². The number of rotatable bonds is 11. The number of aliphatic imine (C=N–C) groups is 1. The van der Waals surface area contributed by atoms with Crippen LogP contribution in [0.15, 0.2) is 54.3 Å². The summed E-state index contributed by atoms with van der Waals surface area (Å²) in [6, 6.07) is 6.20. The third kappa shape index (κ3) is 11.8. The molecule has 0 saturated heterocycles. The fraction of sp³-hybridized carbons (Fsp3) is 0.667. The van der Waals surface area contributed by atoms with E-state index >= 15 is 0 Å². The number of hydrogen-bond acceptors (Lipinski definition) is 3. The van der Waals surface area contributed by atoms with Gasteiger partial charge < -0.3 is 0 Å². The highest BCUT2D eigenvalue weighted by Gasteiger charge is 2.39. The lowest BCUT2D eigenvalue weighted by molar-refractivity contribution is 0.0287. The van der Waals surface area contributed by atoms with Crippen molar-refractivity contribution in [2.24, 2.45) is 21.2 Å². The van der Waals surface area contributed by atoms with Gasteiger partial charge >= 0.3 is 0 Å². The predicted molar refractivity (Wildman–Crippen MR) is 149 cm³/mol. The number of hydrogen-bond donors (Lipinski definition) is 0. The second-order valence-electron chi connectivity index (χ2n) is 12.1. The maximum atomic E-state index is 4.64. The molecule has 0 aliphatic carbocycles. The molecule has 0 aliphatic rings. The van der Waals surface area contributed by atoms with Crippen LogP contribution in [0.3, 0.4) is 0 Å². The van der Waals surface area contributed by atoms with E-state index < -0.39 is 0 Å². The van der Waals surface area contributed by atoms with E-state index in [1.54, 1.807) is 6.20 Å². The van der Waals surface area contributed by atoms with Crippen LogP contribution in [0, 0.1) is 16.2 Å². The minimum Gasteiger partial charge on any atom is -0.292 e. The molecule has 188 valence electrons. The highest BCUT2D eigenvalue weighted by molar-refractivity contribution is 5.99. The van der Waals surface area contributed by atoms with Gasteiger partial charge in [-0.2, -0.15) is 0 Å². The first kappa shape index (κ1) is 31.3. The van der Waals surface area contributed by atoms with Gasteiger partial charge in [0.25, 0.3) is 0 Å². The lowest BCUT2D eigenvalue weighted by Crippen LogP contribution is -2.51. The molecule has 0 radical (unpaired) electrons. The van der Waals surface area contributed by atoms with Crippen molar-refractivity contribution in [2.45, 2.75) is 108 Å². The Morgan fingerprint density at radius 3 is 2.06 bits per heavy atom.